The molecule has 0 saturated heterocycles. The molecule has 0 atom stereocenters. The molecule has 0 unspecified atom stereocenters. The molecule has 0 fully saturated rings. The van der Waals surface area contributed by atoms with E-state index in [1.165, 1.54) is 22.3 Å². The molecule has 3 nitrogen and oxygen atoms in total. The molecule has 0 N–H and O–H groups in total. The van der Waals surface area contributed by atoms with Gasteiger partial charge in [0, 0.05) is 18.7 Å². The van der Waals surface area contributed by atoms with Gasteiger partial charge in [0.05, 0.1) is 7.11 Å². The third-order valence-electron chi connectivity index (χ3n) is 4.85. The number of benzene rings is 3. The second-order valence-electron chi connectivity index (χ2n) is 6.70. The Morgan fingerprint density at radius 2 is 1.63 bits per heavy atom. The highest BCUT2D eigenvalue weighted by Crippen LogP contribution is 2.25. The Morgan fingerprint density at radius 1 is 0.852 bits per heavy atom. The number of aliphatic imine (C=N–C) groups is 1. The zero-order valence-electron chi connectivity index (χ0n) is 15.5. The Morgan fingerprint density at radius 3 is 2.41 bits per heavy atom. The summed E-state index contributed by atoms with van der Waals surface area (Å²) in [4.78, 5) is 4.78. The molecule has 1 aliphatic rings. The SMILES string of the molecule is COc1ccc(CC2=NCCc3cc(OCc4ccccc4)ccc32)cc1. The van der Waals surface area contributed by atoms with E-state index in [9.17, 15) is 0 Å². The van der Waals surface area contributed by atoms with E-state index >= 15 is 0 Å². The van der Waals surface area contributed by atoms with Crippen LogP contribution in [0, 0.1) is 0 Å². The van der Waals surface area contributed by atoms with Crippen LogP contribution in [0.2, 0.25) is 0 Å². The first-order valence-corrected chi connectivity index (χ1v) is 9.28. The van der Waals surface area contributed by atoms with Crippen LogP contribution < -0.4 is 9.47 Å². The van der Waals surface area contributed by atoms with Gasteiger partial charge in [0.25, 0.3) is 0 Å². The lowest BCUT2D eigenvalue weighted by atomic mass is 9.93. The zero-order chi connectivity index (χ0) is 18.5. The second-order valence-corrected chi connectivity index (χ2v) is 6.70. The third-order valence-corrected chi connectivity index (χ3v) is 4.85. The van der Waals surface area contributed by atoms with E-state index in [2.05, 4.69) is 42.5 Å². The minimum absolute atomic E-state index is 0.590. The molecular weight excluding hydrogens is 334 g/mol. The number of hydrogen-bond acceptors (Lipinski definition) is 3. The van der Waals surface area contributed by atoms with Crippen molar-refractivity contribution in [2.45, 2.75) is 19.4 Å². The summed E-state index contributed by atoms with van der Waals surface area (Å²) >= 11 is 0. The first-order valence-electron chi connectivity index (χ1n) is 9.28. The molecule has 0 saturated carbocycles. The van der Waals surface area contributed by atoms with Gasteiger partial charge in [0.15, 0.2) is 0 Å². The molecule has 1 aliphatic heterocycles. The Balaban J connectivity index is 1.47. The van der Waals surface area contributed by atoms with Crippen LogP contribution in [0.4, 0.5) is 0 Å². The van der Waals surface area contributed by atoms with Gasteiger partial charge in [-0.15, -0.1) is 0 Å². The Kier molecular flexibility index (Phi) is 5.20. The Bertz CT molecular complexity index is 930. The van der Waals surface area contributed by atoms with Crippen LogP contribution in [0.25, 0.3) is 0 Å². The number of ether oxygens (including phenoxy) is 2. The average molecular weight is 357 g/mol. The summed E-state index contributed by atoms with van der Waals surface area (Å²) in [5.41, 5.74) is 6.13. The largest absolute Gasteiger partial charge is 0.497 e. The monoisotopic (exact) mass is 357 g/mol. The minimum atomic E-state index is 0.590. The van der Waals surface area contributed by atoms with Crippen molar-refractivity contribution in [2.75, 3.05) is 13.7 Å². The van der Waals surface area contributed by atoms with Gasteiger partial charge in [-0.3, -0.25) is 4.99 Å². The number of fused-ring (bicyclic) bond motifs is 1. The molecule has 0 radical (unpaired) electrons. The molecule has 0 spiro atoms. The minimum Gasteiger partial charge on any atom is -0.497 e. The van der Waals surface area contributed by atoms with Crippen LogP contribution >= 0.6 is 0 Å². The number of hydrogen-bond donors (Lipinski definition) is 0. The van der Waals surface area contributed by atoms with E-state index in [0.717, 1.165) is 36.6 Å². The van der Waals surface area contributed by atoms with Crippen molar-refractivity contribution >= 4 is 5.71 Å². The van der Waals surface area contributed by atoms with Crippen molar-refractivity contribution in [3.05, 3.63) is 95.1 Å². The lowest BCUT2D eigenvalue weighted by molar-refractivity contribution is 0.306. The fraction of sp³-hybridized carbons (Fsp3) is 0.208. The molecule has 3 heteroatoms. The first kappa shape index (κ1) is 17.3. The van der Waals surface area contributed by atoms with E-state index < -0.39 is 0 Å². The summed E-state index contributed by atoms with van der Waals surface area (Å²) in [5.74, 6) is 1.80. The van der Waals surface area contributed by atoms with Gasteiger partial charge in [-0.1, -0.05) is 42.5 Å². The summed E-state index contributed by atoms with van der Waals surface area (Å²) in [6.45, 7) is 1.42. The summed E-state index contributed by atoms with van der Waals surface area (Å²) < 4.78 is 11.2. The molecule has 4 rings (SSSR count). The van der Waals surface area contributed by atoms with E-state index in [-0.39, 0.29) is 0 Å². The summed E-state index contributed by atoms with van der Waals surface area (Å²) in [6, 6.07) is 24.8. The van der Waals surface area contributed by atoms with Crippen molar-refractivity contribution in [2.24, 2.45) is 4.99 Å². The van der Waals surface area contributed by atoms with Crippen molar-refractivity contribution in [3.63, 3.8) is 0 Å². The molecule has 3 aromatic carbocycles. The topological polar surface area (TPSA) is 30.8 Å². The number of methoxy groups -OCH3 is 1. The maximum absolute atomic E-state index is 5.98. The van der Waals surface area contributed by atoms with Crippen molar-refractivity contribution in [1.29, 1.82) is 0 Å². The van der Waals surface area contributed by atoms with E-state index in [4.69, 9.17) is 14.5 Å². The first-order chi connectivity index (χ1) is 13.3. The van der Waals surface area contributed by atoms with Crippen molar-refractivity contribution in [3.8, 4) is 11.5 Å². The van der Waals surface area contributed by atoms with E-state index in [1.54, 1.807) is 7.11 Å². The standard InChI is InChI=1S/C24H23NO2/c1-26-21-9-7-18(8-10-21)15-24-23-12-11-22(16-20(23)13-14-25-24)27-17-19-5-3-2-4-6-19/h2-12,16H,13-15,17H2,1H3. The predicted molar refractivity (Wildman–Crippen MR) is 109 cm³/mol. The van der Waals surface area contributed by atoms with Gasteiger partial charge in [-0.25, -0.2) is 0 Å². The quantitative estimate of drug-likeness (QED) is 0.631. The fourth-order valence-corrected chi connectivity index (χ4v) is 3.37. The number of rotatable bonds is 6. The predicted octanol–water partition coefficient (Wildman–Crippen LogP) is 4.86. The summed E-state index contributed by atoms with van der Waals surface area (Å²) in [7, 11) is 1.69. The molecular formula is C24H23NO2. The van der Waals surface area contributed by atoms with Gasteiger partial charge >= 0.3 is 0 Å². The van der Waals surface area contributed by atoms with Crippen LogP contribution in [0.5, 0.6) is 11.5 Å². The lowest BCUT2D eigenvalue weighted by Crippen LogP contribution is -2.15. The normalized spacial score (nSPS) is 12.9. The van der Waals surface area contributed by atoms with Gasteiger partial charge in [0.2, 0.25) is 0 Å². The molecule has 3 aromatic rings. The zero-order valence-corrected chi connectivity index (χ0v) is 15.5. The molecule has 1 heterocycles. The summed E-state index contributed by atoms with van der Waals surface area (Å²) in [5, 5.41) is 0. The van der Waals surface area contributed by atoms with Crippen molar-refractivity contribution in [1.82, 2.24) is 0 Å². The fourth-order valence-electron chi connectivity index (χ4n) is 3.37. The molecule has 0 aromatic heterocycles. The third kappa shape index (κ3) is 4.20. The molecule has 0 aliphatic carbocycles. The lowest BCUT2D eigenvalue weighted by Gasteiger charge is -2.18. The van der Waals surface area contributed by atoms with Gasteiger partial charge in [-0.05, 0) is 59.0 Å². The highest BCUT2D eigenvalue weighted by Gasteiger charge is 2.15. The second kappa shape index (κ2) is 8.09. The molecule has 136 valence electrons. The van der Waals surface area contributed by atoms with E-state index in [0.29, 0.717) is 6.61 Å². The van der Waals surface area contributed by atoms with Gasteiger partial charge in [-0.2, -0.15) is 0 Å². The molecule has 27 heavy (non-hydrogen) atoms. The maximum Gasteiger partial charge on any atom is 0.120 e. The van der Waals surface area contributed by atoms with Crippen LogP contribution in [0.3, 0.4) is 0 Å². The Hall–Kier alpha value is -3.07. The number of nitrogens with zero attached hydrogens (tertiary/aromatic N) is 1. The molecule has 0 amide bonds. The average Bonchev–Trinajstić information content (AvgIpc) is 2.73. The van der Waals surface area contributed by atoms with Crippen LogP contribution in [0.1, 0.15) is 22.3 Å². The Labute approximate surface area is 160 Å². The van der Waals surface area contributed by atoms with Crippen LogP contribution in [0.15, 0.2) is 77.8 Å². The summed E-state index contributed by atoms with van der Waals surface area (Å²) in [6.07, 6.45) is 1.80. The molecule has 0 bridgehead atoms. The maximum atomic E-state index is 5.98. The van der Waals surface area contributed by atoms with Crippen LogP contribution in [-0.4, -0.2) is 19.4 Å². The highest BCUT2D eigenvalue weighted by atomic mass is 16.5. The van der Waals surface area contributed by atoms with Gasteiger partial charge < -0.3 is 9.47 Å². The van der Waals surface area contributed by atoms with Gasteiger partial charge in [0.1, 0.15) is 18.1 Å². The smallest absolute Gasteiger partial charge is 0.120 e. The highest BCUT2D eigenvalue weighted by molar-refractivity contribution is 6.03. The van der Waals surface area contributed by atoms with Crippen molar-refractivity contribution < 1.29 is 9.47 Å². The van der Waals surface area contributed by atoms with Crippen LogP contribution in [-0.2, 0) is 19.4 Å². The van der Waals surface area contributed by atoms with E-state index in [1.807, 2.05) is 30.3 Å².